The first kappa shape index (κ1) is 19.0. The molecule has 2 atom stereocenters. The van der Waals surface area contributed by atoms with Gasteiger partial charge in [0.2, 0.25) is 0 Å². The fourth-order valence-corrected chi connectivity index (χ4v) is 5.18. The Morgan fingerprint density at radius 1 is 1.29 bits per heavy atom. The topological polar surface area (TPSA) is 78.9 Å². The number of fused-ring (bicyclic) bond motifs is 2. The molecule has 1 aliphatic heterocycles. The number of benzene rings is 1. The summed E-state index contributed by atoms with van der Waals surface area (Å²) in [5.74, 6) is 0.452. The van der Waals surface area contributed by atoms with E-state index in [-0.39, 0.29) is 19.1 Å². The normalized spacial score (nSPS) is 22.3. The van der Waals surface area contributed by atoms with Gasteiger partial charge in [0.25, 0.3) is 5.91 Å². The van der Waals surface area contributed by atoms with E-state index in [1.54, 1.807) is 11.3 Å². The third-order valence-electron chi connectivity index (χ3n) is 5.56. The number of hydrogen-bond acceptors (Lipinski definition) is 5. The fourth-order valence-electron chi connectivity index (χ4n) is 4.18. The smallest absolute Gasteiger partial charge is 0.325 e. The number of carbonyl (C=O) groups is 2. The van der Waals surface area contributed by atoms with E-state index in [1.807, 2.05) is 43.5 Å². The van der Waals surface area contributed by atoms with E-state index in [0.29, 0.717) is 6.42 Å². The number of thiophene rings is 1. The second-order valence-electron chi connectivity index (χ2n) is 7.55. The first-order valence-electron chi connectivity index (χ1n) is 9.50. The third-order valence-corrected chi connectivity index (χ3v) is 6.54. The minimum absolute atomic E-state index is 0.0133. The Morgan fingerprint density at radius 3 is 2.79 bits per heavy atom. The Kier molecular flexibility index (Phi) is 4.89. The number of nitrogens with zero attached hydrogens (tertiary/aromatic N) is 1. The number of aryl methyl sites for hydroxylation is 3. The average molecular weight is 401 g/mol. The lowest BCUT2D eigenvalue weighted by atomic mass is 9.80. The average Bonchev–Trinajstić information content (AvgIpc) is 3.22. The summed E-state index contributed by atoms with van der Waals surface area (Å²) in [7, 11) is 0. The number of amides is 3. The summed E-state index contributed by atoms with van der Waals surface area (Å²) in [5, 5.41) is 15.3. The number of aliphatic hydroxyl groups excluding tert-OH is 1. The quantitative estimate of drug-likeness (QED) is 0.757. The van der Waals surface area contributed by atoms with Gasteiger partial charge in [-0.25, -0.2) is 4.79 Å². The zero-order chi connectivity index (χ0) is 19.9. The third kappa shape index (κ3) is 3.08. The number of rotatable bonds is 5. The molecule has 1 spiro atoms. The minimum Gasteiger partial charge on any atom is -0.490 e. The summed E-state index contributed by atoms with van der Waals surface area (Å²) < 4.78 is 5.77. The van der Waals surface area contributed by atoms with Crippen molar-refractivity contribution in [1.82, 2.24) is 10.2 Å². The Balaban J connectivity index is 1.46. The van der Waals surface area contributed by atoms with Crippen molar-refractivity contribution in [1.29, 1.82) is 0 Å². The SMILES string of the molecule is Cc1cccc(C)c1OC[C@@H](O)CN1C(=O)N[C@@]2(CCCc3sccc32)C1=O. The molecule has 6 nitrogen and oxygen atoms in total. The van der Waals surface area contributed by atoms with Gasteiger partial charge in [0, 0.05) is 10.4 Å². The highest BCUT2D eigenvalue weighted by molar-refractivity contribution is 7.10. The molecule has 7 heteroatoms. The number of imide groups is 1. The highest BCUT2D eigenvalue weighted by Gasteiger charge is 2.54. The molecule has 2 heterocycles. The fraction of sp³-hybridized carbons (Fsp3) is 0.429. The van der Waals surface area contributed by atoms with E-state index in [9.17, 15) is 14.7 Å². The molecular weight excluding hydrogens is 376 g/mol. The first-order valence-corrected chi connectivity index (χ1v) is 10.4. The van der Waals surface area contributed by atoms with E-state index < -0.39 is 17.7 Å². The maximum absolute atomic E-state index is 13.2. The monoisotopic (exact) mass is 400 g/mol. The summed E-state index contributed by atoms with van der Waals surface area (Å²) >= 11 is 1.62. The minimum atomic E-state index is -0.974. The Hall–Kier alpha value is -2.38. The highest BCUT2D eigenvalue weighted by atomic mass is 32.1. The summed E-state index contributed by atoms with van der Waals surface area (Å²) in [5.41, 5.74) is 1.89. The molecule has 148 valence electrons. The van der Waals surface area contributed by atoms with Gasteiger partial charge in [0.15, 0.2) is 0 Å². The molecule has 3 amide bonds. The van der Waals surface area contributed by atoms with E-state index in [1.165, 1.54) is 0 Å². The van der Waals surface area contributed by atoms with Crippen LogP contribution >= 0.6 is 11.3 Å². The van der Waals surface area contributed by atoms with Crippen LogP contribution in [0.5, 0.6) is 5.75 Å². The standard InChI is InChI=1S/C21H24N2O4S/c1-13-5-3-6-14(2)18(13)27-12-15(24)11-23-19(25)21(22-20(23)26)9-4-7-17-16(21)8-10-28-17/h3,5-6,8,10,15,24H,4,7,9,11-12H2,1-2H3,(H,22,26)/t15-,21+/m0/s1. The molecule has 4 rings (SSSR count). The second-order valence-corrected chi connectivity index (χ2v) is 8.55. The molecule has 2 N–H and O–H groups in total. The van der Waals surface area contributed by atoms with E-state index in [0.717, 1.165) is 45.1 Å². The van der Waals surface area contributed by atoms with Gasteiger partial charge in [-0.15, -0.1) is 11.3 Å². The molecule has 0 unspecified atom stereocenters. The van der Waals surface area contributed by atoms with Gasteiger partial charge in [0.1, 0.15) is 24.0 Å². The van der Waals surface area contributed by atoms with Gasteiger partial charge in [-0.05, 0) is 55.7 Å². The number of urea groups is 1. The molecular formula is C21H24N2O4S. The van der Waals surface area contributed by atoms with Crippen LogP contribution < -0.4 is 10.1 Å². The van der Waals surface area contributed by atoms with Crippen molar-refractivity contribution in [2.75, 3.05) is 13.2 Å². The van der Waals surface area contributed by atoms with E-state index >= 15 is 0 Å². The zero-order valence-electron chi connectivity index (χ0n) is 16.0. The molecule has 2 aromatic rings. The largest absolute Gasteiger partial charge is 0.490 e. The number of hydrogen-bond donors (Lipinski definition) is 2. The molecule has 0 bridgehead atoms. The predicted molar refractivity (Wildman–Crippen MR) is 107 cm³/mol. The van der Waals surface area contributed by atoms with Crippen molar-refractivity contribution in [3.05, 3.63) is 51.2 Å². The van der Waals surface area contributed by atoms with Crippen LogP contribution in [0.4, 0.5) is 4.79 Å². The molecule has 0 saturated carbocycles. The first-order chi connectivity index (χ1) is 13.4. The van der Waals surface area contributed by atoms with Crippen LogP contribution in [0.3, 0.4) is 0 Å². The maximum Gasteiger partial charge on any atom is 0.325 e. The van der Waals surface area contributed by atoms with Crippen molar-refractivity contribution in [3.63, 3.8) is 0 Å². The molecule has 1 saturated heterocycles. The van der Waals surface area contributed by atoms with Crippen LogP contribution in [0.2, 0.25) is 0 Å². The number of carbonyl (C=O) groups excluding carboxylic acids is 2. The lowest BCUT2D eigenvalue weighted by Gasteiger charge is -2.31. The summed E-state index contributed by atoms with van der Waals surface area (Å²) in [6.07, 6.45) is 1.41. The van der Waals surface area contributed by atoms with Gasteiger partial charge in [-0.1, -0.05) is 18.2 Å². The second kappa shape index (κ2) is 7.22. The molecule has 1 fully saturated rings. The van der Waals surface area contributed by atoms with Crippen LogP contribution in [-0.4, -0.2) is 41.2 Å². The van der Waals surface area contributed by atoms with Crippen LogP contribution in [-0.2, 0) is 16.8 Å². The summed E-state index contributed by atoms with van der Waals surface area (Å²) in [6, 6.07) is 7.31. The Morgan fingerprint density at radius 2 is 2.04 bits per heavy atom. The van der Waals surface area contributed by atoms with Gasteiger partial charge in [0.05, 0.1) is 6.54 Å². The van der Waals surface area contributed by atoms with Gasteiger partial charge >= 0.3 is 6.03 Å². The number of aliphatic hydroxyl groups is 1. The van der Waals surface area contributed by atoms with Gasteiger partial charge in [-0.3, -0.25) is 9.69 Å². The highest BCUT2D eigenvalue weighted by Crippen LogP contribution is 2.42. The van der Waals surface area contributed by atoms with Gasteiger partial charge < -0.3 is 15.2 Å². The van der Waals surface area contributed by atoms with Crippen molar-refractivity contribution >= 4 is 23.3 Å². The van der Waals surface area contributed by atoms with Crippen molar-refractivity contribution in [2.24, 2.45) is 0 Å². The number of β-amino-alcohol motifs (C(OH)–C–C–N with tert-alkyl or cyclic N) is 1. The Bertz CT molecular complexity index is 905. The summed E-state index contributed by atoms with van der Waals surface area (Å²) in [4.78, 5) is 28.0. The van der Waals surface area contributed by atoms with Crippen molar-refractivity contribution in [3.8, 4) is 5.75 Å². The van der Waals surface area contributed by atoms with Crippen LogP contribution in [0.15, 0.2) is 29.6 Å². The lowest BCUT2D eigenvalue weighted by Crippen LogP contribution is -2.46. The van der Waals surface area contributed by atoms with E-state index in [4.69, 9.17) is 4.74 Å². The molecule has 1 aliphatic carbocycles. The number of para-hydroxylation sites is 1. The molecule has 0 radical (unpaired) electrons. The van der Waals surface area contributed by atoms with Crippen LogP contribution in [0, 0.1) is 13.8 Å². The Labute approximate surface area is 168 Å². The zero-order valence-corrected chi connectivity index (χ0v) is 16.8. The molecule has 28 heavy (non-hydrogen) atoms. The van der Waals surface area contributed by atoms with Gasteiger partial charge in [-0.2, -0.15) is 0 Å². The molecule has 1 aromatic carbocycles. The lowest BCUT2D eigenvalue weighted by molar-refractivity contribution is -0.133. The molecule has 2 aliphatic rings. The predicted octanol–water partition coefficient (Wildman–Crippen LogP) is 2.89. The van der Waals surface area contributed by atoms with Crippen molar-refractivity contribution < 1.29 is 19.4 Å². The van der Waals surface area contributed by atoms with Crippen LogP contribution in [0.25, 0.3) is 0 Å². The molecule has 1 aromatic heterocycles. The summed E-state index contributed by atoms with van der Waals surface area (Å²) in [6.45, 7) is 3.81. The number of ether oxygens (including phenoxy) is 1. The number of nitrogens with one attached hydrogen (secondary N) is 1. The van der Waals surface area contributed by atoms with Crippen LogP contribution in [0.1, 0.15) is 34.4 Å². The van der Waals surface area contributed by atoms with E-state index in [2.05, 4.69) is 5.32 Å². The van der Waals surface area contributed by atoms with Crippen molar-refractivity contribution in [2.45, 2.75) is 44.8 Å². The maximum atomic E-state index is 13.2.